The van der Waals surface area contributed by atoms with Gasteiger partial charge in [-0.3, -0.25) is 19.7 Å². The normalized spacial score (nSPS) is 39.2. The molecule has 6 atom stereocenters. The van der Waals surface area contributed by atoms with E-state index in [0.29, 0.717) is 12.0 Å². The number of ketones is 1. The molecule has 0 bridgehead atoms. The number of carbonyl (C=O) groups is 2. The second-order valence-corrected chi connectivity index (χ2v) is 10.7. The van der Waals surface area contributed by atoms with Gasteiger partial charge in [-0.1, -0.05) is 27.7 Å². The van der Waals surface area contributed by atoms with E-state index in [1.807, 2.05) is 13.8 Å². The van der Waals surface area contributed by atoms with Gasteiger partial charge in [0.05, 0.1) is 10.5 Å². The highest BCUT2D eigenvalue weighted by Gasteiger charge is 2.69. The molecule has 2 saturated carbocycles. The van der Waals surface area contributed by atoms with Crippen molar-refractivity contribution in [3.8, 4) is 5.75 Å². The lowest BCUT2D eigenvalue weighted by molar-refractivity contribution is -0.385. The van der Waals surface area contributed by atoms with Crippen LogP contribution in [0.5, 0.6) is 5.75 Å². The molecule has 0 unspecified atom stereocenters. The van der Waals surface area contributed by atoms with Gasteiger partial charge in [0.15, 0.2) is 12.0 Å². The van der Waals surface area contributed by atoms with Crippen LogP contribution in [0.1, 0.15) is 74.7 Å². The van der Waals surface area contributed by atoms with E-state index in [1.54, 1.807) is 0 Å². The fourth-order valence-corrected chi connectivity index (χ4v) is 7.11. The van der Waals surface area contributed by atoms with Crippen LogP contribution < -0.4 is 10.1 Å². The average Bonchev–Trinajstić information content (AvgIpc) is 3.00. The molecule has 0 radical (unpaired) electrons. The van der Waals surface area contributed by atoms with Gasteiger partial charge in [0.2, 0.25) is 0 Å². The van der Waals surface area contributed by atoms with Gasteiger partial charge in [0.1, 0.15) is 23.0 Å². The number of Topliss-reactive ketones (excluding diaryl/α,β-unsaturated/α-hetero) is 1. The first-order chi connectivity index (χ1) is 14.8. The van der Waals surface area contributed by atoms with Crippen LogP contribution in [0.2, 0.25) is 0 Å². The summed E-state index contributed by atoms with van der Waals surface area (Å²) < 4.78 is 6.76. The molecule has 2 heterocycles. The minimum Gasteiger partial charge on any atom is -0.485 e. The summed E-state index contributed by atoms with van der Waals surface area (Å²) in [4.78, 5) is 36.5. The Morgan fingerprint density at radius 1 is 1.22 bits per heavy atom. The molecule has 1 amide bonds. The Balaban J connectivity index is 1.78. The second-order valence-electron chi connectivity index (χ2n) is 10.7. The van der Waals surface area contributed by atoms with Gasteiger partial charge in [0.25, 0.3) is 11.6 Å². The number of nitro groups is 1. The minimum atomic E-state index is -1.42. The van der Waals surface area contributed by atoms with Gasteiger partial charge >= 0.3 is 0 Å². The first-order valence-corrected chi connectivity index (χ1v) is 11.1. The summed E-state index contributed by atoms with van der Waals surface area (Å²) in [6, 6.07) is 1.38. The zero-order valence-corrected chi connectivity index (χ0v) is 18.6. The lowest BCUT2D eigenvalue weighted by Gasteiger charge is -2.66. The first-order valence-electron chi connectivity index (χ1n) is 11.1. The summed E-state index contributed by atoms with van der Waals surface area (Å²) in [5.41, 5.74) is -2.14. The van der Waals surface area contributed by atoms with Crippen LogP contribution in [0, 0.1) is 32.8 Å². The van der Waals surface area contributed by atoms with Crippen LogP contribution in [-0.4, -0.2) is 38.5 Å². The number of hydrogen-bond donors (Lipinski definition) is 3. The van der Waals surface area contributed by atoms with Crippen molar-refractivity contribution in [1.82, 2.24) is 5.32 Å². The molecule has 172 valence electrons. The molecule has 2 aliphatic carbocycles. The monoisotopic (exact) mass is 444 g/mol. The van der Waals surface area contributed by atoms with Gasteiger partial charge < -0.3 is 20.3 Å². The van der Waals surface area contributed by atoms with Crippen molar-refractivity contribution in [3.63, 3.8) is 0 Å². The predicted octanol–water partition coefficient (Wildman–Crippen LogP) is 2.42. The summed E-state index contributed by atoms with van der Waals surface area (Å²) in [7, 11) is 0. The van der Waals surface area contributed by atoms with Crippen molar-refractivity contribution in [2.75, 3.05) is 0 Å². The molecule has 0 saturated heterocycles. The third-order valence-corrected chi connectivity index (χ3v) is 8.99. The highest BCUT2D eigenvalue weighted by molar-refractivity contribution is 6.04. The number of nitrogens with one attached hydrogen (secondary N) is 1. The zero-order chi connectivity index (χ0) is 23.4. The number of nitro benzene ring substituents is 1. The zero-order valence-electron chi connectivity index (χ0n) is 18.6. The van der Waals surface area contributed by atoms with E-state index in [4.69, 9.17) is 4.74 Å². The number of hydrogen-bond acceptors (Lipinski definition) is 7. The van der Waals surface area contributed by atoms with E-state index < -0.39 is 39.6 Å². The molecule has 1 aromatic carbocycles. The van der Waals surface area contributed by atoms with Gasteiger partial charge in [-0.2, -0.15) is 0 Å². The number of aliphatic hydroxyl groups is 2. The Bertz CT molecular complexity index is 1080. The van der Waals surface area contributed by atoms with E-state index in [-0.39, 0.29) is 46.6 Å². The second kappa shape index (κ2) is 6.29. The van der Waals surface area contributed by atoms with E-state index in [1.165, 1.54) is 6.07 Å². The quantitative estimate of drug-likeness (QED) is 0.446. The highest BCUT2D eigenvalue weighted by atomic mass is 16.6. The van der Waals surface area contributed by atoms with Crippen molar-refractivity contribution in [3.05, 3.63) is 32.9 Å². The molecular formula is C23H28N2O7. The number of benzene rings is 1. The number of fused-ring (bicyclic) bond motifs is 3. The Kier molecular flexibility index (Phi) is 4.19. The van der Waals surface area contributed by atoms with Crippen LogP contribution in [-0.2, 0) is 11.2 Å². The summed E-state index contributed by atoms with van der Waals surface area (Å²) in [5, 5.41) is 35.5. The fraction of sp³-hybridized carbons (Fsp3) is 0.652. The van der Waals surface area contributed by atoms with Crippen LogP contribution >= 0.6 is 0 Å². The van der Waals surface area contributed by atoms with Gasteiger partial charge in [-0.25, -0.2) is 0 Å². The van der Waals surface area contributed by atoms with Crippen molar-refractivity contribution in [2.45, 2.75) is 71.3 Å². The molecular weight excluding hydrogens is 416 g/mol. The van der Waals surface area contributed by atoms with Crippen molar-refractivity contribution in [2.24, 2.45) is 22.7 Å². The van der Waals surface area contributed by atoms with Crippen molar-refractivity contribution in [1.29, 1.82) is 0 Å². The fourth-order valence-electron chi connectivity index (χ4n) is 7.11. The number of rotatable bonds is 1. The summed E-state index contributed by atoms with van der Waals surface area (Å²) in [6.07, 6.45) is -0.468. The Labute approximate surface area is 185 Å². The number of amides is 1. The number of ether oxygens (including phenoxy) is 1. The Morgan fingerprint density at radius 3 is 2.56 bits per heavy atom. The molecule has 5 rings (SSSR count). The Hall–Kier alpha value is -2.52. The molecule has 9 nitrogen and oxygen atoms in total. The van der Waals surface area contributed by atoms with E-state index in [2.05, 4.69) is 19.2 Å². The first kappa shape index (κ1) is 21.3. The van der Waals surface area contributed by atoms with Gasteiger partial charge in [-0.05, 0) is 25.2 Å². The standard InChI is InChI=1S/C23H28N2O7/c1-10-5-6-14-21(2,3)18(27)13(26)9-23(14)22(10,4)8-11-7-12(25(30)31)15-16(17(11)32-23)20(29)24-19(15)28/h7,10,13-14,20,26,29H,5-6,8-9H2,1-4H3,(H,24,28)/t10-,13+,14-,20+,22+,23-/m0/s1. The predicted molar refractivity (Wildman–Crippen MR) is 112 cm³/mol. The lowest BCUT2D eigenvalue weighted by atomic mass is 9.43. The van der Waals surface area contributed by atoms with Gasteiger partial charge in [-0.15, -0.1) is 0 Å². The van der Waals surface area contributed by atoms with Crippen LogP contribution in [0.25, 0.3) is 0 Å². The summed E-state index contributed by atoms with van der Waals surface area (Å²) >= 11 is 0. The maximum Gasteiger partial charge on any atom is 0.283 e. The van der Waals surface area contributed by atoms with E-state index in [0.717, 1.165) is 12.8 Å². The third-order valence-electron chi connectivity index (χ3n) is 8.99. The van der Waals surface area contributed by atoms with E-state index in [9.17, 15) is 29.9 Å². The number of nitrogens with zero attached hydrogens (tertiary/aromatic N) is 1. The molecule has 4 aliphatic rings. The number of aliphatic hydroxyl groups excluding tert-OH is 2. The van der Waals surface area contributed by atoms with Crippen molar-refractivity contribution < 1.29 is 29.5 Å². The Morgan fingerprint density at radius 2 is 1.91 bits per heavy atom. The molecule has 9 heteroatoms. The lowest BCUT2D eigenvalue weighted by Crippen LogP contribution is -2.72. The topological polar surface area (TPSA) is 139 Å². The third kappa shape index (κ3) is 2.35. The van der Waals surface area contributed by atoms with E-state index >= 15 is 0 Å². The molecule has 2 fully saturated rings. The maximum absolute atomic E-state index is 12.9. The van der Waals surface area contributed by atoms with Crippen molar-refractivity contribution >= 4 is 17.4 Å². The molecule has 32 heavy (non-hydrogen) atoms. The summed E-state index contributed by atoms with van der Waals surface area (Å²) in [6.45, 7) is 7.88. The average molecular weight is 444 g/mol. The SMILES string of the molecule is C[C@H]1CC[C@H]2C(C)(C)C(=O)[C@H](O)C[C@]23Oc2c(cc([N+](=O)[O-])c4c2[C@@H](O)NC4=O)C[C@]13C. The smallest absolute Gasteiger partial charge is 0.283 e. The minimum absolute atomic E-state index is 0.0804. The molecule has 2 aliphatic heterocycles. The highest BCUT2D eigenvalue weighted by Crippen LogP contribution is 2.66. The van der Waals surface area contributed by atoms with Crippen LogP contribution in [0.3, 0.4) is 0 Å². The summed E-state index contributed by atoms with van der Waals surface area (Å²) in [5.74, 6) is -0.673. The van der Waals surface area contributed by atoms with Gasteiger partial charge in [0, 0.05) is 34.8 Å². The molecule has 3 N–H and O–H groups in total. The molecule has 1 spiro atoms. The molecule has 0 aromatic heterocycles. The maximum atomic E-state index is 12.9. The number of carbonyl (C=O) groups excluding carboxylic acids is 2. The van der Waals surface area contributed by atoms with Crippen LogP contribution in [0.15, 0.2) is 6.07 Å². The largest absolute Gasteiger partial charge is 0.485 e. The molecule has 1 aromatic rings. The van der Waals surface area contributed by atoms with Crippen LogP contribution in [0.4, 0.5) is 5.69 Å².